The molecule has 0 aromatic rings. The molecule has 22 heteroatoms. The highest BCUT2D eigenvalue weighted by Crippen LogP contribution is 2.22. The topological polar surface area (TPSA) is 368 Å². The maximum atomic E-state index is 13.7. The fourth-order valence-corrected chi connectivity index (χ4v) is 6.41. The molecule has 0 unspecified atom stereocenters. The van der Waals surface area contributed by atoms with Crippen molar-refractivity contribution in [3.05, 3.63) is 0 Å². The summed E-state index contributed by atoms with van der Waals surface area (Å²) in [6.07, 6.45) is 1.10. The normalized spacial score (nSPS) is 18.7. The lowest BCUT2D eigenvalue weighted by Crippen LogP contribution is -2.57. The van der Waals surface area contributed by atoms with Gasteiger partial charge in [-0.05, 0) is 57.3 Å². The summed E-state index contributed by atoms with van der Waals surface area (Å²) in [5.74, 6) is -7.64. The van der Waals surface area contributed by atoms with Crippen LogP contribution in [0, 0.1) is 11.3 Å². The van der Waals surface area contributed by atoms with E-state index >= 15 is 0 Å². The first kappa shape index (κ1) is 45.6. The molecule has 8 amide bonds. The molecular weight excluding hydrogens is 724 g/mol. The van der Waals surface area contributed by atoms with Crippen LogP contribution in [0.1, 0.15) is 78.1 Å². The minimum atomic E-state index is -1.59. The van der Waals surface area contributed by atoms with E-state index in [9.17, 15) is 48.3 Å². The van der Waals surface area contributed by atoms with Gasteiger partial charge in [0, 0.05) is 26.1 Å². The number of guanidine groups is 1. The molecular formula is C33H56N12O10. The molecule has 0 spiro atoms. The van der Waals surface area contributed by atoms with Crippen molar-refractivity contribution in [3.8, 4) is 0 Å². The molecule has 22 nitrogen and oxygen atoms in total. The largest absolute Gasteiger partial charge is 0.480 e. The molecule has 2 heterocycles. The van der Waals surface area contributed by atoms with Crippen LogP contribution in [0.3, 0.4) is 0 Å². The van der Waals surface area contributed by atoms with Crippen molar-refractivity contribution in [1.29, 1.82) is 5.41 Å². The molecule has 2 aliphatic heterocycles. The minimum absolute atomic E-state index is 0.112. The molecule has 0 bridgehead atoms. The molecule has 2 saturated heterocycles. The smallest absolute Gasteiger partial charge is 0.326 e. The van der Waals surface area contributed by atoms with Gasteiger partial charge in [0.1, 0.15) is 30.2 Å². The van der Waals surface area contributed by atoms with E-state index in [1.165, 1.54) is 9.80 Å². The molecule has 0 radical (unpaired) electrons. The van der Waals surface area contributed by atoms with Gasteiger partial charge in [0.25, 0.3) is 0 Å². The first-order chi connectivity index (χ1) is 25.8. The summed E-state index contributed by atoms with van der Waals surface area (Å²) in [5.41, 5.74) is 21.7. The van der Waals surface area contributed by atoms with Crippen LogP contribution in [-0.4, -0.2) is 137 Å². The predicted molar refractivity (Wildman–Crippen MR) is 195 cm³/mol. The molecule has 2 aliphatic rings. The number of carboxylic acids is 1. The van der Waals surface area contributed by atoms with E-state index in [0.29, 0.717) is 32.2 Å². The van der Waals surface area contributed by atoms with E-state index in [1.807, 2.05) is 0 Å². The molecule has 6 atom stereocenters. The van der Waals surface area contributed by atoms with Crippen molar-refractivity contribution in [2.45, 2.75) is 114 Å². The highest BCUT2D eigenvalue weighted by atomic mass is 16.4. The zero-order valence-electron chi connectivity index (χ0n) is 31.3. The van der Waals surface area contributed by atoms with Crippen LogP contribution in [0.4, 0.5) is 0 Å². The number of amides is 8. The third-order valence-corrected chi connectivity index (χ3v) is 9.10. The van der Waals surface area contributed by atoms with Crippen LogP contribution in [-0.2, 0) is 43.2 Å². The second-order valence-electron chi connectivity index (χ2n) is 14.1. The molecule has 55 heavy (non-hydrogen) atoms. The van der Waals surface area contributed by atoms with Gasteiger partial charge in [-0.3, -0.25) is 43.8 Å². The van der Waals surface area contributed by atoms with Gasteiger partial charge in [-0.2, -0.15) is 0 Å². The van der Waals surface area contributed by atoms with Crippen LogP contribution >= 0.6 is 0 Å². The Morgan fingerprint density at radius 2 is 1.33 bits per heavy atom. The Labute approximate surface area is 318 Å². The first-order valence-corrected chi connectivity index (χ1v) is 18.2. The summed E-state index contributed by atoms with van der Waals surface area (Å²) in [7, 11) is 0. The number of carboxylic acid groups (broad SMARTS) is 1. The third-order valence-electron chi connectivity index (χ3n) is 9.10. The average molecular weight is 781 g/mol. The Bertz CT molecular complexity index is 1460. The van der Waals surface area contributed by atoms with Gasteiger partial charge < -0.3 is 64.4 Å². The third kappa shape index (κ3) is 15.0. The van der Waals surface area contributed by atoms with E-state index in [4.69, 9.17) is 28.3 Å². The van der Waals surface area contributed by atoms with Gasteiger partial charge in [-0.25, -0.2) is 4.79 Å². The number of nitrogens with zero attached hydrogens (tertiary/aromatic N) is 2. The van der Waals surface area contributed by atoms with E-state index < -0.39 is 102 Å². The summed E-state index contributed by atoms with van der Waals surface area (Å²) in [5, 5.41) is 29.0. The predicted octanol–water partition coefficient (Wildman–Crippen LogP) is -4.60. The fraction of sp³-hybridized carbons (Fsp3) is 0.697. The Morgan fingerprint density at radius 1 is 0.764 bits per heavy atom. The first-order valence-electron chi connectivity index (χ1n) is 18.2. The maximum Gasteiger partial charge on any atom is 0.326 e. The molecule has 0 aromatic heterocycles. The molecule has 0 aromatic carbocycles. The Hall–Kier alpha value is -5.54. The Kier molecular flexibility index (Phi) is 18.2. The number of hydrogen-bond acceptors (Lipinski definition) is 11. The van der Waals surface area contributed by atoms with Crippen molar-refractivity contribution < 1.29 is 48.3 Å². The Morgan fingerprint density at radius 3 is 1.84 bits per heavy atom. The monoisotopic (exact) mass is 780 g/mol. The fourth-order valence-electron chi connectivity index (χ4n) is 6.41. The van der Waals surface area contributed by atoms with Gasteiger partial charge in [-0.1, -0.05) is 13.8 Å². The number of nitrogens with one attached hydrogen (secondary N) is 6. The van der Waals surface area contributed by atoms with E-state index in [0.717, 1.165) is 0 Å². The summed E-state index contributed by atoms with van der Waals surface area (Å²) in [6, 6.07) is -6.99. The number of primary amides is 2. The highest BCUT2D eigenvalue weighted by Gasteiger charge is 2.40. The number of hydrogen-bond donors (Lipinski definition) is 11. The van der Waals surface area contributed by atoms with Crippen molar-refractivity contribution in [2.24, 2.45) is 28.9 Å². The number of carbonyl (C=O) groups is 9. The number of carbonyl (C=O) groups excluding carboxylic acids is 8. The lowest BCUT2D eigenvalue weighted by molar-refractivity contribution is -0.146. The van der Waals surface area contributed by atoms with Crippen molar-refractivity contribution in [1.82, 2.24) is 36.4 Å². The number of likely N-dealkylation sites (tertiary alicyclic amines) is 2. The molecule has 0 saturated carbocycles. The second kappa shape index (κ2) is 22.0. The zero-order valence-corrected chi connectivity index (χ0v) is 31.3. The lowest BCUT2D eigenvalue weighted by atomic mass is 10.0. The molecule has 2 fully saturated rings. The zero-order chi connectivity index (χ0) is 41.4. The van der Waals surface area contributed by atoms with Gasteiger partial charge in [-0.15, -0.1) is 0 Å². The van der Waals surface area contributed by atoms with Crippen LogP contribution in [0.25, 0.3) is 0 Å². The minimum Gasteiger partial charge on any atom is -0.480 e. The maximum absolute atomic E-state index is 13.7. The van der Waals surface area contributed by atoms with Gasteiger partial charge in [0.05, 0.1) is 19.0 Å². The van der Waals surface area contributed by atoms with Crippen LogP contribution < -0.4 is 49.5 Å². The average Bonchev–Trinajstić information content (AvgIpc) is 3.80. The quantitative estimate of drug-likeness (QED) is 0.0280. The summed E-state index contributed by atoms with van der Waals surface area (Å²) in [6.45, 7) is 3.70. The van der Waals surface area contributed by atoms with Crippen molar-refractivity contribution in [2.75, 3.05) is 26.2 Å². The summed E-state index contributed by atoms with van der Waals surface area (Å²) >= 11 is 0. The van der Waals surface area contributed by atoms with E-state index in [-0.39, 0.29) is 57.1 Å². The molecule has 0 aliphatic carbocycles. The lowest BCUT2D eigenvalue weighted by Gasteiger charge is -2.30. The van der Waals surface area contributed by atoms with E-state index in [2.05, 4.69) is 26.6 Å². The van der Waals surface area contributed by atoms with Crippen molar-refractivity contribution in [3.63, 3.8) is 0 Å². The van der Waals surface area contributed by atoms with Crippen LogP contribution in [0.15, 0.2) is 0 Å². The molecule has 2 rings (SSSR count). The van der Waals surface area contributed by atoms with Crippen LogP contribution in [0.5, 0.6) is 0 Å². The van der Waals surface area contributed by atoms with Crippen molar-refractivity contribution >= 4 is 59.2 Å². The van der Waals surface area contributed by atoms with Gasteiger partial charge in [0.15, 0.2) is 5.96 Å². The molecule has 308 valence electrons. The standard InChI is InChI=1S/C33H56N12O10/c1-17(2)14-20(31(53)45-13-5-8-23(45)29(51)43-21(32(54)55)15-25(36)47)41-26(48)16-40-27(49)19(9-10-24(35)46)42-28(50)22-7-4-12-44(22)30(52)18(34)6-3-11-39-33(37)38/h17-23H,3-16,34H2,1-2H3,(H2,35,46)(H2,36,47)(H,40,49)(H,41,48)(H,42,50)(H,43,51)(H,54,55)(H4,37,38,39)/t18-,19-,20-,21-,22-,23-/m0/s1. The summed E-state index contributed by atoms with van der Waals surface area (Å²) in [4.78, 5) is 117. The van der Waals surface area contributed by atoms with Crippen LogP contribution in [0.2, 0.25) is 0 Å². The summed E-state index contributed by atoms with van der Waals surface area (Å²) < 4.78 is 0. The molecule has 15 N–H and O–H groups in total. The highest BCUT2D eigenvalue weighted by molar-refractivity contribution is 5.97. The SMILES string of the molecule is CC(C)C[C@H](NC(=O)CNC(=O)[C@H](CCC(N)=O)NC(=O)[C@@H]1CCCN1C(=O)[C@@H](N)CCCNC(=N)N)C(=O)N1CCC[C@H]1C(=O)N[C@@H](CC(N)=O)C(=O)O. The van der Waals surface area contributed by atoms with Gasteiger partial charge in [0.2, 0.25) is 47.3 Å². The Balaban J connectivity index is 2.07. The van der Waals surface area contributed by atoms with E-state index in [1.54, 1.807) is 13.8 Å². The number of aliphatic carboxylic acids is 1. The number of rotatable bonds is 22. The number of nitrogens with two attached hydrogens (primary N) is 4. The second-order valence-corrected chi connectivity index (χ2v) is 14.1. The van der Waals surface area contributed by atoms with Gasteiger partial charge >= 0.3 is 5.97 Å².